The molecule has 92 valence electrons. The van der Waals surface area contributed by atoms with E-state index in [-0.39, 0.29) is 0 Å². The molecule has 0 N–H and O–H groups in total. The summed E-state index contributed by atoms with van der Waals surface area (Å²) in [6.07, 6.45) is 0.751. The lowest BCUT2D eigenvalue weighted by atomic mass is 10.0. The van der Waals surface area contributed by atoms with Crippen molar-refractivity contribution in [2.75, 3.05) is 0 Å². The Bertz CT molecular complexity index is 559. The first-order valence-electron chi connectivity index (χ1n) is 6.01. The van der Waals surface area contributed by atoms with Crippen LogP contribution in [-0.2, 0) is 0 Å². The second-order valence-electron chi connectivity index (χ2n) is 4.65. The maximum absolute atomic E-state index is 10.8. The molecule has 1 heterocycles. The number of nitrogens with zero attached hydrogens (tertiary/aromatic N) is 2. The Morgan fingerprint density at radius 3 is 2.33 bits per heavy atom. The topological polar surface area (TPSA) is 42.9 Å². The molecule has 2 aromatic rings. The van der Waals surface area contributed by atoms with Crippen molar-refractivity contribution in [1.82, 2.24) is 9.97 Å². The van der Waals surface area contributed by atoms with Gasteiger partial charge in [0.1, 0.15) is 5.69 Å². The lowest BCUT2D eigenvalue weighted by Gasteiger charge is -2.07. The fraction of sp³-hybridized carbons (Fsp3) is 0.267. The third kappa shape index (κ3) is 2.62. The summed E-state index contributed by atoms with van der Waals surface area (Å²) in [4.78, 5) is 19.4. The van der Waals surface area contributed by atoms with Crippen LogP contribution in [0.2, 0.25) is 0 Å². The standard InChI is InChI=1S/C15H16N2O/c1-10(2)12-4-6-13(7-5-12)15-16-11(3)8-14(9-18)17-15/h4-10H,1-3H3. The van der Waals surface area contributed by atoms with Gasteiger partial charge in [-0.1, -0.05) is 38.1 Å². The van der Waals surface area contributed by atoms with Crippen LogP contribution in [0.15, 0.2) is 30.3 Å². The molecule has 0 saturated heterocycles. The second kappa shape index (κ2) is 5.08. The predicted octanol–water partition coefficient (Wildman–Crippen LogP) is 3.39. The summed E-state index contributed by atoms with van der Waals surface area (Å²) in [6, 6.07) is 9.83. The molecule has 1 aromatic carbocycles. The summed E-state index contributed by atoms with van der Waals surface area (Å²) < 4.78 is 0. The molecule has 0 amide bonds. The van der Waals surface area contributed by atoms with E-state index in [1.807, 2.05) is 19.1 Å². The van der Waals surface area contributed by atoms with Gasteiger partial charge in [-0.05, 0) is 24.5 Å². The fourth-order valence-electron chi connectivity index (χ4n) is 1.80. The maximum Gasteiger partial charge on any atom is 0.168 e. The van der Waals surface area contributed by atoms with E-state index in [1.165, 1.54) is 5.56 Å². The molecule has 0 aliphatic heterocycles. The lowest BCUT2D eigenvalue weighted by Crippen LogP contribution is -1.97. The molecule has 0 saturated carbocycles. The van der Waals surface area contributed by atoms with Gasteiger partial charge in [-0.15, -0.1) is 0 Å². The van der Waals surface area contributed by atoms with E-state index in [1.54, 1.807) is 6.07 Å². The van der Waals surface area contributed by atoms with Gasteiger partial charge in [0.25, 0.3) is 0 Å². The number of carbonyl (C=O) groups is 1. The zero-order valence-electron chi connectivity index (χ0n) is 10.8. The number of aldehydes is 1. The van der Waals surface area contributed by atoms with Crippen molar-refractivity contribution in [3.8, 4) is 11.4 Å². The van der Waals surface area contributed by atoms with E-state index in [0.717, 1.165) is 17.5 Å². The highest BCUT2D eigenvalue weighted by Gasteiger charge is 2.05. The Kier molecular flexibility index (Phi) is 3.51. The van der Waals surface area contributed by atoms with Gasteiger partial charge in [-0.25, -0.2) is 9.97 Å². The molecule has 0 atom stereocenters. The number of aromatic nitrogens is 2. The number of aryl methyl sites for hydroxylation is 1. The summed E-state index contributed by atoms with van der Waals surface area (Å²) in [6.45, 7) is 6.17. The van der Waals surface area contributed by atoms with Gasteiger partial charge in [-0.3, -0.25) is 4.79 Å². The number of carbonyl (C=O) groups excluding carboxylic acids is 1. The number of hydrogen-bond donors (Lipinski definition) is 0. The van der Waals surface area contributed by atoms with Crippen molar-refractivity contribution in [3.63, 3.8) is 0 Å². The van der Waals surface area contributed by atoms with E-state index >= 15 is 0 Å². The quantitative estimate of drug-likeness (QED) is 0.772. The Balaban J connectivity index is 2.42. The number of benzene rings is 1. The van der Waals surface area contributed by atoms with Crippen molar-refractivity contribution in [3.05, 3.63) is 47.3 Å². The van der Waals surface area contributed by atoms with Gasteiger partial charge in [0.2, 0.25) is 0 Å². The molecular formula is C15H16N2O. The Morgan fingerprint density at radius 2 is 1.78 bits per heavy atom. The van der Waals surface area contributed by atoms with Crippen molar-refractivity contribution in [2.45, 2.75) is 26.7 Å². The average molecular weight is 240 g/mol. The molecule has 18 heavy (non-hydrogen) atoms. The highest BCUT2D eigenvalue weighted by molar-refractivity contribution is 5.73. The molecule has 2 rings (SSSR count). The van der Waals surface area contributed by atoms with Gasteiger partial charge in [0, 0.05) is 11.3 Å². The zero-order chi connectivity index (χ0) is 13.1. The Hall–Kier alpha value is -2.03. The van der Waals surface area contributed by atoms with E-state index in [9.17, 15) is 4.79 Å². The zero-order valence-corrected chi connectivity index (χ0v) is 10.8. The molecule has 3 heteroatoms. The summed E-state index contributed by atoms with van der Waals surface area (Å²) in [5.41, 5.74) is 3.44. The maximum atomic E-state index is 10.8. The van der Waals surface area contributed by atoms with Gasteiger partial charge in [0.05, 0.1) is 0 Å². The van der Waals surface area contributed by atoms with Gasteiger partial charge >= 0.3 is 0 Å². The highest BCUT2D eigenvalue weighted by Crippen LogP contribution is 2.20. The third-order valence-electron chi connectivity index (χ3n) is 2.83. The minimum absolute atomic E-state index is 0.422. The number of rotatable bonds is 3. The minimum atomic E-state index is 0.422. The van der Waals surface area contributed by atoms with Crippen LogP contribution in [0.4, 0.5) is 0 Å². The molecule has 0 spiro atoms. The fourth-order valence-corrected chi connectivity index (χ4v) is 1.80. The monoisotopic (exact) mass is 240 g/mol. The van der Waals surface area contributed by atoms with Crippen LogP contribution in [0.3, 0.4) is 0 Å². The van der Waals surface area contributed by atoms with Crippen molar-refractivity contribution in [1.29, 1.82) is 0 Å². The van der Waals surface area contributed by atoms with Crippen molar-refractivity contribution in [2.24, 2.45) is 0 Å². The van der Waals surface area contributed by atoms with Crippen LogP contribution in [0.25, 0.3) is 11.4 Å². The molecule has 0 fully saturated rings. The first-order chi connectivity index (χ1) is 8.60. The molecule has 3 nitrogen and oxygen atoms in total. The summed E-state index contributed by atoms with van der Waals surface area (Å²) in [5.74, 6) is 1.11. The van der Waals surface area contributed by atoms with Crippen LogP contribution in [0.1, 0.15) is 41.5 Å². The molecule has 0 unspecified atom stereocenters. The first kappa shape index (κ1) is 12.4. The summed E-state index contributed by atoms with van der Waals surface area (Å²) in [5, 5.41) is 0. The SMILES string of the molecule is Cc1cc(C=O)nc(-c2ccc(C(C)C)cc2)n1. The van der Waals surface area contributed by atoms with Gasteiger partial charge in [0.15, 0.2) is 12.1 Å². The Morgan fingerprint density at radius 1 is 1.11 bits per heavy atom. The van der Waals surface area contributed by atoms with E-state index in [2.05, 4.69) is 35.9 Å². The van der Waals surface area contributed by atoms with Crippen LogP contribution in [-0.4, -0.2) is 16.3 Å². The largest absolute Gasteiger partial charge is 0.296 e. The molecule has 0 aliphatic carbocycles. The third-order valence-corrected chi connectivity index (χ3v) is 2.83. The number of hydrogen-bond acceptors (Lipinski definition) is 3. The van der Waals surface area contributed by atoms with Crippen molar-refractivity contribution >= 4 is 6.29 Å². The molecule has 0 radical (unpaired) electrons. The van der Waals surface area contributed by atoms with Gasteiger partial charge < -0.3 is 0 Å². The average Bonchev–Trinajstić information content (AvgIpc) is 2.38. The molecule has 0 bridgehead atoms. The highest BCUT2D eigenvalue weighted by atomic mass is 16.1. The van der Waals surface area contributed by atoms with Crippen molar-refractivity contribution < 1.29 is 4.79 Å². The van der Waals surface area contributed by atoms with Gasteiger partial charge in [-0.2, -0.15) is 0 Å². The predicted molar refractivity (Wildman–Crippen MR) is 71.7 cm³/mol. The second-order valence-corrected chi connectivity index (χ2v) is 4.65. The minimum Gasteiger partial charge on any atom is -0.296 e. The molecular weight excluding hydrogens is 224 g/mol. The van der Waals surface area contributed by atoms with E-state index < -0.39 is 0 Å². The molecule has 1 aromatic heterocycles. The lowest BCUT2D eigenvalue weighted by molar-refractivity contribution is 0.111. The first-order valence-corrected chi connectivity index (χ1v) is 6.01. The molecule has 0 aliphatic rings. The van der Waals surface area contributed by atoms with Crippen LogP contribution in [0, 0.1) is 6.92 Å². The van der Waals surface area contributed by atoms with Crippen LogP contribution in [0.5, 0.6) is 0 Å². The smallest absolute Gasteiger partial charge is 0.168 e. The normalized spacial score (nSPS) is 10.7. The van der Waals surface area contributed by atoms with Crippen LogP contribution >= 0.6 is 0 Å². The van der Waals surface area contributed by atoms with E-state index in [4.69, 9.17) is 0 Å². The summed E-state index contributed by atoms with van der Waals surface area (Å²) >= 11 is 0. The van der Waals surface area contributed by atoms with E-state index in [0.29, 0.717) is 17.4 Å². The Labute approximate surface area is 107 Å². The van der Waals surface area contributed by atoms with Crippen LogP contribution < -0.4 is 0 Å². The summed E-state index contributed by atoms with van der Waals surface area (Å²) in [7, 11) is 0.